The highest BCUT2D eigenvalue weighted by Gasteiger charge is 2.16. The molecular formula is C20H18FIN4O2S. The van der Waals surface area contributed by atoms with Crippen LogP contribution < -0.4 is 5.32 Å². The number of ketones is 1. The van der Waals surface area contributed by atoms with Crippen molar-refractivity contribution < 1.29 is 14.0 Å². The topological polar surface area (TPSA) is 76.9 Å². The third-order valence-corrected chi connectivity index (χ3v) is 5.65. The maximum atomic E-state index is 13.1. The molecule has 0 bridgehead atoms. The fourth-order valence-corrected chi connectivity index (χ4v) is 3.83. The Morgan fingerprint density at radius 1 is 1.10 bits per heavy atom. The Morgan fingerprint density at radius 2 is 1.79 bits per heavy atom. The van der Waals surface area contributed by atoms with Crippen LogP contribution in [-0.4, -0.2) is 38.8 Å². The normalized spacial score (nSPS) is 10.7. The predicted molar refractivity (Wildman–Crippen MR) is 118 cm³/mol. The van der Waals surface area contributed by atoms with E-state index in [4.69, 9.17) is 0 Å². The number of rotatable bonds is 8. The van der Waals surface area contributed by atoms with Gasteiger partial charge in [0.25, 0.3) is 0 Å². The van der Waals surface area contributed by atoms with E-state index in [1.165, 1.54) is 43.0 Å². The number of hydrogen-bond acceptors (Lipinski definition) is 5. The number of amides is 1. The molecule has 3 aromatic rings. The molecule has 9 heteroatoms. The van der Waals surface area contributed by atoms with Crippen LogP contribution >= 0.6 is 34.4 Å². The molecular weight excluding hydrogens is 506 g/mol. The summed E-state index contributed by atoms with van der Waals surface area (Å²) in [7, 11) is 0. The Balaban J connectivity index is 1.80. The molecule has 6 nitrogen and oxygen atoms in total. The Bertz CT molecular complexity index is 1010. The lowest BCUT2D eigenvalue weighted by atomic mass is 10.1. The van der Waals surface area contributed by atoms with E-state index in [1.807, 2.05) is 28.8 Å². The second-order valence-corrected chi connectivity index (χ2v) is 8.35. The van der Waals surface area contributed by atoms with Crippen LogP contribution in [0.3, 0.4) is 0 Å². The maximum Gasteiger partial charge on any atom is 0.216 e. The van der Waals surface area contributed by atoms with Crippen molar-refractivity contribution in [3.63, 3.8) is 0 Å². The highest BCUT2D eigenvalue weighted by Crippen LogP contribution is 2.24. The number of Topliss-reactive ketones (excluding diaryl/α,β-unsaturated/α-hetero) is 1. The number of carbonyl (C=O) groups is 2. The minimum absolute atomic E-state index is 0.107. The summed E-state index contributed by atoms with van der Waals surface area (Å²) in [5.41, 5.74) is 1.33. The molecule has 1 amide bonds. The van der Waals surface area contributed by atoms with Crippen LogP contribution in [0.1, 0.15) is 23.1 Å². The zero-order valence-electron chi connectivity index (χ0n) is 15.6. The van der Waals surface area contributed by atoms with Crippen molar-refractivity contribution in [3.05, 3.63) is 69.3 Å². The van der Waals surface area contributed by atoms with Crippen LogP contribution in [0.25, 0.3) is 5.69 Å². The lowest BCUT2D eigenvalue weighted by molar-refractivity contribution is -0.118. The van der Waals surface area contributed by atoms with E-state index in [2.05, 4.69) is 38.1 Å². The molecule has 0 fully saturated rings. The Labute approximate surface area is 185 Å². The summed E-state index contributed by atoms with van der Waals surface area (Å²) < 4.78 is 16.0. The van der Waals surface area contributed by atoms with Crippen LogP contribution in [0, 0.1) is 9.39 Å². The number of nitrogens with one attached hydrogen (secondary N) is 1. The molecule has 0 spiro atoms. The standard InChI is InChI=1S/C20H18FIN4O2S/c1-13(27)23-11-10-19-24-25-20(26(19)17-8-6-16(22)7-9-17)29-12-18(28)14-2-4-15(21)5-3-14/h2-9H,10-12H2,1H3,(H,23,27). The second-order valence-electron chi connectivity index (χ2n) is 6.16. The summed E-state index contributed by atoms with van der Waals surface area (Å²) >= 11 is 3.50. The molecule has 0 radical (unpaired) electrons. The first-order valence-corrected chi connectivity index (χ1v) is 10.9. The molecule has 0 aliphatic heterocycles. The van der Waals surface area contributed by atoms with Gasteiger partial charge in [0.15, 0.2) is 10.9 Å². The smallest absolute Gasteiger partial charge is 0.216 e. The van der Waals surface area contributed by atoms with Crippen LogP contribution in [-0.2, 0) is 11.2 Å². The van der Waals surface area contributed by atoms with Crippen molar-refractivity contribution in [2.45, 2.75) is 18.5 Å². The number of hydrogen-bond donors (Lipinski definition) is 1. The predicted octanol–water partition coefficient (Wildman–Crippen LogP) is 3.66. The summed E-state index contributed by atoms with van der Waals surface area (Å²) in [5.74, 6) is 0.241. The number of carbonyl (C=O) groups excluding carboxylic acids is 2. The van der Waals surface area contributed by atoms with E-state index in [0.29, 0.717) is 29.5 Å². The van der Waals surface area contributed by atoms with Gasteiger partial charge in [-0.25, -0.2) is 4.39 Å². The van der Waals surface area contributed by atoms with Crippen molar-refractivity contribution in [1.82, 2.24) is 20.1 Å². The van der Waals surface area contributed by atoms with Crippen LogP contribution in [0.2, 0.25) is 0 Å². The van der Waals surface area contributed by atoms with Gasteiger partial charge in [0, 0.05) is 34.7 Å². The number of aromatic nitrogens is 3. The van der Waals surface area contributed by atoms with Crippen molar-refractivity contribution in [3.8, 4) is 5.69 Å². The largest absolute Gasteiger partial charge is 0.356 e. The molecule has 0 atom stereocenters. The van der Waals surface area contributed by atoms with E-state index in [1.54, 1.807) is 0 Å². The SMILES string of the molecule is CC(=O)NCCc1nnc(SCC(=O)c2ccc(F)cc2)n1-c1ccc(I)cc1. The maximum absolute atomic E-state index is 13.1. The number of thioether (sulfide) groups is 1. The average Bonchev–Trinajstić information content (AvgIpc) is 3.10. The fraction of sp³-hybridized carbons (Fsp3) is 0.200. The summed E-state index contributed by atoms with van der Waals surface area (Å²) in [6.07, 6.45) is 0.505. The third kappa shape index (κ3) is 5.86. The Hall–Kier alpha value is -2.27. The minimum atomic E-state index is -0.378. The van der Waals surface area contributed by atoms with E-state index in [0.717, 1.165) is 9.26 Å². The molecule has 1 aromatic heterocycles. The first kappa shape index (κ1) is 21.4. The molecule has 0 aliphatic carbocycles. The summed E-state index contributed by atoms with van der Waals surface area (Å²) in [6, 6.07) is 13.4. The van der Waals surface area contributed by atoms with Crippen LogP contribution in [0.4, 0.5) is 4.39 Å². The minimum Gasteiger partial charge on any atom is -0.356 e. The van der Waals surface area contributed by atoms with Crippen molar-refractivity contribution in [2.24, 2.45) is 0 Å². The molecule has 1 heterocycles. The van der Waals surface area contributed by atoms with Crippen LogP contribution in [0.15, 0.2) is 53.7 Å². The highest BCUT2D eigenvalue weighted by molar-refractivity contribution is 14.1. The molecule has 3 rings (SSSR count). The quantitative estimate of drug-likeness (QED) is 0.277. The van der Waals surface area contributed by atoms with Gasteiger partial charge in [0.2, 0.25) is 5.91 Å². The first-order chi connectivity index (χ1) is 13.9. The van der Waals surface area contributed by atoms with Gasteiger partial charge in [0.1, 0.15) is 11.6 Å². The Kier molecular flexibility index (Phi) is 7.37. The highest BCUT2D eigenvalue weighted by atomic mass is 127. The zero-order valence-corrected chi connectivity index (χ0v) is 18.5. The molecule has 0 aliphatic rings. The third-order valence-electron chi connectivity index (χ3n) is 4.01. The summed E-state index contributed by atoms with van der Waals surface area (Å²) in [5, 5.41) is 11.8. The van der Waals surface area contributed by atoms with E-state index in [9.17, 15) is 14.0 Å². The number of benzene rings is 2. The van der Waals surface area contributed by atoms with Gasteiger partial charge in [-0.1, -0.05) is 11.8 Å². The Morgan fingerprint density at radius 3 is 2.45 bits per heavy atom. The second kappa shape index (κ2) is 9.97. The van der Waals surface area contributed by atoms with Gasteiger partial charge < -0.3 is 5.32 Å². The molecule has 29 heavy (non-hydrogen) atoms. The summed E-state index contributed by atoms with van der Waals surface area (Å²) in [6.45, 7) is 1.91. The lowest BCUT2D eigenvalue weighted by Gasteiger charge is -2.10. The fourth-order valence-electron chi connectivity index (χ4n) is 2.60. The molecule has 0 unspecified atom stereocenters. The van der Waals surface area contributed by atoms with Gasteiger partial charge in [-0.05, 0) is 71.1 Å². The molecule has 2 aromatic carbocycles. The lowest BCUT2D eigenvalue weighted by Crippen LogP contribution is -2.23. The molecule has 0 saturated carbocycles. The number of halogens is 2. The number of nitrogens with zero attached hydrogens (tertiary/aromatic N) is 3. The van der Waals surface area contributed by atoms with E-state index >= 15 is 0 Å². The monoisotopic (exact) mass is 524 g/mol. The van der Waals surface area contributed by atoms with Gasteiger partial charge in [-0.2, -0.15) is 0 Å². The van der Waals surface area contributed by atoms with Crippen molar-refractivity contribution >= 4 is 46.0 Å². The van der Waals surface area contributed by atoms with Gasteiger partial charge in [-0.3, -0.25) is 14.2 Å². The van der Waals surface area contributed by atoms with E-state index in [-0.39, 0.29) is 23.3 Å². The van der Waals surface area contributed by atoms with Crippen molar-refractivity contribution in [1.29, 1.82) is 0 Å². The van der Waals surface area contributed by atoms with Crippen molar-refractivity contribution in [2.75, 3.05) is 12.3 Å². The van der Waals surface area contributed by atoms with E-state index < -0.39 is 0 Å². The van der Waals surface area contributed by atoms with Gasteiger partial charge in [0.05, 0.1) is 5.75 Å². The van der Waals surface area contributed by atoms with Gasteiger partial charge >= 0.3 is 0 Å². The molecule has 0 saturated heterocycles. The zero-order chi connectivity index (χ0) is 20.8. The summed E-state index contributed by atoms with van der Waals surface area (Å²) in [4.78, 5) is 23.6. The first-order valence-electron chi connectivity index (χ1n) is 8.80. The van der Waals surface area contributed by atoms with Gasteiger partial charge in [-0.15, -0.1) is 10.2 Å². The molecule has 150 valence electrons. The molecule has 1 N–H and O–H groups in total. The van der Waals surface area contributed by atoms with Crippen LogP contribution in [0.5, 0.6) is 0 Å². The average molecular weight is 524 g/mol.